The largest absolute Gasteiger partial charge is 0.494 e. The van der Waals surface area contributed by atoms with Crippen LogP contribution in [0.4, 0.5) is 10.5 Å². The maximum atomic E-state index is 12.0. The van der Waals surface area contributed by atoms with Crippen LogP contribution in [0.2, 0.25) is 0 Å². The zero-order valence-electron chi connectivity index (χ0n) is 13.8. The molecule has 0 bridgehead atoms. The quantitative estimate of drug-likeness (QED) is 0.811. The van der Waals surface area contributed by atoms with Gasteiger partial charge in [-0.15, -0.1) is 0 Å². The Balaban J connectivity index is 1.78. The fourth-order valence-electron chi connectivity index (χ4n) is 2.36. The number of carbonyl (C=O) groups excluding carboxylic acids is 1. The van der Waals surface area contributed by atoms with Crippen LogP contribution >= 0.6 is 0 Å². The Kier molecular flexibility index (Phi) is 6.48. The summed E-state index contributed by atoms with van der Waals surface area (Å²) < 4.78 is 5.41. The minimum Gasteiger partial charge on any atom is -0.494 e. The number of nitrogens with one attached hydrogen (secondary N) is 2. The molecule has 0 saturated heterocycles. The standard InChI is InChI=1S/C19H24N2O2/c1-3-16-7-5-6-8-18(16)21-19(22)20-14-13-15-9-11-17(12-10-15)23-4-2/h5-12H,3-4,13-14H2,1-2H3,(H2,20,21,22). The van der Waals surface area contributed by atoms with Crippen LogP contribution in [0.15, 0.2) is 48.5 Å². The number of anilines is 1. The molecule has 0 aromatic heterocycles. The number of para-hydroxylation sites is 1. The molecule has 0 aliphatic carbocycles. The van der Waals surface area contributed by atoms with E-state index in [2.05, 4.69) is 17.6 Å². The van der Waals surface area contributed by atoms with Gasteiger partial charge in [0.15, 0.2) is 0 Å². The van der Waals surface area contributed by atoms with E-state index in [1.807, 2.05) is 55.5 Å². The van der Waals surface area contributed by atoms with Crippen LogP contribution in [0.1, 0.15) is 25.0 Å². The topological polar surface area (TPSA) is 50.4 Å². The monoisotopic (exact) mass is 312 g/mol. The Hall–Kier alpha value is -2.49. The third kappa shape index (κ3) is 5.33. The lowest BCUT2D eigenvalue weighted by Gasteiger charge is -2.11. The molecule has 2 amide bonds. The summed E-state index contributed by atoms with van der Waals surface area (Å²) in [6, 6.07) is 15.6. The highest BCUT2D eigenvalue weighted by molar-refractivity contribution is 5.90. The van der Waals surface area contributed by atoms with Crippen molar-refractivity contribution in [3.63, 3.8) is 0 Å². The van der Waals surface area contributed by atoms with Crippen molar-refractivity contribution in [1.29, 1.82) is 0 Å². The molecule has 23 heavy (non-hydrogen) atoms. The van der Waals surface area contributed by atoms with E-state index in [9.17, 15) is 4.79 Å². The highest BCUT2D eigenvalue weighted by atomic mass is 16.5. The summed E-state index contributed by atoms with van der Waals surface area (Å²) >= 11 is 0. The molecule has 0 heterocycles. The third-order valence-electron chi connectivity index (χ3n) is 3.58. The van der Waals surface area contributed by atoms with E-state index in [-0.39, 0.29) is 6.03 Å². The molecule has 0 aliphatic rings. The number of hydrogen-bond acceptors (Lipinski definition) is 2. The van der Waals surface area contributed by atoms with Gasteiger partial charge in [-0.05, 0) is 49.1 Å². The highest BCUT2D eigenvalue weighted by Crippen LogP contribution is 2.15. The number of urea groups is 1. The molecule has 2 N–H and O–H groups in total. The lowest BCUT2D eigenvalue weighted by molar-refractivity contribution is 0.252. The molecule has 0 saturated carbocycles. The Labute approximate surface area is 137 Å². The molecule has 2 aromatic carbocycles. The van der Waals surface area contributed by atoms with Crippen LogP contribution in [0.5, 0.6) is 5.75 Å². The van der Waals surface area contributed by atoms with Gasteiger partial charge in [-0.2, -0.15) is 0 Å². The number of benzene rings is 2. The number of rotatable bonds is 7. The van der Waals surface area contributed by atoms with Crippen molar-refractivity contribution in [3.8, 4) is 5.75 Å². The molecule has 0 atom stereocenters. The first-order valence-corrected chi connectivity index (χ1v) is 8.07. The molecule has 4 nitrogen and oxygen atoms in total. The van der Waals surface area contributed by atoms with E-state index in [0.29, 0.717) is 13.2 Å². The van der Waals surface area contributed by atoms with Crippen molar-refractivity contribution in [2.24, 2.45) is 0 Å². The SMILES string of the molecule is CCOc1ccc(CCNC(=O)Nc2ccccc2CC)cc1. The minimum atomic E-state index is -0.170. The van der Waals surface area contributed by atoms with Crippen LogP contribution in [0.3, 0.4) is 0 Å². The summed E-state index contributed by atoms with van der Waals surface area (Å²) in [4.78, 5) is 12.0. The van der Waals surface area contributed by atoms with Gasteiger partial charge in [-0.3, -0.25) is 0 Å². The first kappa shape index (κ1) is 16.9. The van der Waals surface area contributed by atoms with Gasteiger partial charge < -0.3 is 15.4 Å². The van der Waals surface area contributed by atoms with Crippen LogP contribution in [0.25, 0.3) is 0 Å². The van der Waals surface area contributed by atoms with E-state index in [1.54, 1.807) is 0 Å². The number of aryl methyl sites for hydroxylation is 1. The Morgan fingerprint density at radius 2 is 1.78 bits per heavy atom. The molecular formula is C19H24N2O2. The van der Waals surface area contributed by atoms with Gasteiger partial charge >= 0.3 is 6.03 Å². The molecule has 4 heteroatoms. The second-order valence-electron chi connectivity index (χ2n) is 5.22. The summed E-state index contributed by atoms with van der Waals surface area (Å²) in [5.74, 6) is 0.873. The van der Waals surface area contributed by atoms with Crippen molar-refractivity contribution in [3.05, 3.63) is 59.7 Å². The molecule has 0 aliphatic heterocycles. The molecular weight excluding hydrogens is 288 g/mol. The molecule has 0 unspecified atom stereocenters. The summed E-state index contributed by atoms with van der Waals surface area (Å²) in [5, 5.41) is 5.79. The van der Waals surface area contributed by atoms with Crippen LogP contribution in [-0.4, -0.2) is 19.2 Å². The van der Waals surface area contributed by atoms with Crippen LogP contribution in [-0.2, 0) is 12.8 Å². The molecule has 2 rings (SSSR count). The minimum absolute atomic E-state index is 0.170. The second kappa shape index (κ2) is 8.83. The summed E-state index contributed by atoms with van der Waals surface area (Å²) in [5.41, 5.74) is 3.17. The van der Waals surface area contributed by atoms with E-state index in [4.69, 9.17) is 4.74 Å². The van der Waals surface area contributed by atoms with E-state index in [0.717, 1.165) is 29.8 Å². The number of amides is 2. The third-order valence-corrected chi connectivity index (χ3v) is 3.58. The average Bonchev–Trinajstić information content (AvgIpc) is 2.57. The Morgan fingerprint density at radius 1 is 1.04 bits per heavy atom. The molecule has 0 radical (unpaired) electrons. The fourth-order valence-corrected chi connectivity index (χ4v) is 2.36. The highest BCUT2D eigenvalue weighted by Gasteiger charge is 2.04. The predicted molar refractivity (Wildman–Crippen MR) is 94.2 cm³/mol. The first-order chi connectivity index (χ1) is 11.2. The van der Waals surface area contributed by atoms with Crippen molar-refractivity contribution in [2.75, 3.05) is 18.5 Å². The van der Waals surface area contributed by atoms with Crippen molar-refractivity contribution in [2.45, 2.75) is 26.7 Å². The fraction of sp³-hybridized carbons (Fsp3) is 0.316. The maximum absolute atomic E-state index is 12.0. The van der Waals surface area contributed by atoms with Crippen molar-refractivity contribution in [1.82, 2.24) is 5.32 Å². The smallest absolute Gasteiger partial charge is 0.319 e. The van der Waals surface area contributed by atoms with Crippen molar-refractivity contribution >= 4 is 11.7 Å². The van der Waals surface area contributed by atoms with Crippen LogP contribution in [0, 0.1) is 0 Å². The van der Waals surface area contributed by atoms with E-state index in [1.165, 1.54) is 5.56 Å². The van der Waals surface area contributed by atoms with Gasteiger partial charge in [0.2, 0.25) is 0 Å². The van der Waals surface area contributed by atoms with Gasteiger partial charge in [0.05, 0.1) is 6.61 Å². The lowest BCUT2D eigenvalue weighted by atomic mass is 10.1. The number of carbonyl (C=O) groups is 1. The van der Waals surface area contributed by atoms with Crippen LogP contribution < -0.4 is 15.4 Å². The normalized spacial score (nSPS) is 10.2. The Morgan fingerprint density at radius 3 is 2.48 bits per heavy atom. The van der Waals surface area contributed by atoms with E-state index < -0.39 is 0 Å². The number of hydrogen-bond donors (Lipinski definition) is 2. The van der Waals surface area contributed by atoms with Gasteiger partial charge in [0, 0.05) is 12.2 Å². The summed E-state index contributed by atoms with van der Waals surface area (Å²) in [6.45, 7) is 5.30. The maximum Gasteiger partial charge on any atom is 0.319 e. The van der Waals surface area contributed by atoms with E-state index >= 15 is 0 Å². The summed E-state index contributed by atoms with van der Waals surface area (Å²) in [7, 11) is 0. The Bertz CT molecular complexity index is 624. The molecule has 0 fully saturated rings. The summed E-state index contributed by atoms with van der Waals surface area (Å²) in [6.07, 6.45) is 1.68. The van der Waals surface area contributed by atoms with Gasteiger partial charge in [0.1, 0.15) is 5.75 Å². The van der Waals surface area contributed by atoms with Gasteiger partial charge in [-0.25, -0.2) is 4.79 Å². The number of ether oxygens (including phenoxy) is 1. The average molecular weight is 312 g/mol. The van der Waals surface area contributed by atoms with Crippen molar-refractivity contribution < 1.29 is 9.53 Å². The molecule has 0 spiro atoms. The first-order valence-electron chi connectivity index (χ1n) is 8.07. The molecule has 122 valence electrons. The zero-order valence-corrected chi connectivity index (χ0v) is 13.8. The predicted octanol–water partition coefficient (Wildman–Crippen LogP) is 4.01. The second-order valence-corrected chi connectivity index (χ2v) is 5.22. The molecule has 2 aromatic rings. The van der Waals surface area contributed by atoms with Gasteiger partial charge in [-0.1, -0.05) is 37.3 Å². The zero-order chi connectivity index (χ0) is 16.5. The van der Waals surface area contributed by atoms with Gasteiger partial charge in [0.25, 0.3) is 0 Å². The lowest BCUT2D eigenvalue weighted by Crippen LogP contribution is -2.30.